The van der Waals surface area contributed by atoms with Crippen LogP contribution in [0.25, 0.3) is 21.5 Å². The quantitative estimate of drug-likeness (QED) is 0.166. The summed E-state index contributed by atoms with van der Waals surface area (Å²) in [7, 11) is 1.08. The number of benzene rings is 2. The van der Waals surface area contributed by atoms with Gasteiger partial charge in [0.15, 0.2) is 0 Å². The van der Waals surface area contributed by atoms with Crippen LogP contribution >= 0.6 is 0 Å². The first-order valence-electron chi connectivity index (χ1n) is 12.1. The van der Waals surface area contributed by atoms with Gasteiger partial charge in [0, 0.05) is 9.52 Å². The maximum Gasteiger partial charge on any atom is 4.00 e. The second-order valence-electron chi connectivity index (χ2n) is 8.18. The fourth-order valence-electron chi connectivity index (χ4n) is 4.51. The second-order valence-corrected chi connectivity index (χ2v) is 9.18. The maximum atomic E-state index is 2.36. The van der Waals surface area contributed by atoms with E-state index in [-0.39, 0.29) is 41.1 Å². The predicted molar refractivity (Wildman–Crippen MR) is 156 cm³/mol. The van der Waals surface area contributed by atoms with Gasteiger partial charge in [0.1, 0.15) is 0 Å². The third-order valence-corrected chi connectivity index (χ3v) is 5.75. The van der Waals surface area contributed by atoms with Crippen molar-refractivity contribution in [2.24, 2.45) is 0 Å². The molecule has 0 atom stereocenters. The van der Waals surface area contributed by atoms with Crippen LogP contribution in [-0.4, -0.2) is 9.52 Å². The Bertz CT molecular complexity index is 954. The third kappa shape index (κ3) is 9.09. The molecule has 182 valence electrons. The Morgan fingerprint density at radius 3 is 1.24 bits per heavy atom. The molecule has 0 unspecified atom stereocenters. The molecule has 4 rings (SSSR count). The van der Waals surface area contributed by atoms with E-state index in [1.54, 1.807) is 22.3 Å². The van der Waals surface area contributed by atoms with Gasteiger partial charge in [-0.3, -0.25) is 0 Å². The molecule has 0 bridgehead atoms. The summed E-state index contributed by atoms with van der Waals surface area (Å²) in [6, 6.07) is 22.2. The van der Waals surface area contributed by atoms with Gasteiger partial charge in [-0.25, -0.2) is 0 Å². The van der Waals surface area contributed by atoms with E-state index in [0.717, 1.165) is 22.4 Å². The van der Waals surface area contributed by atoms with Crippen LogP contribution in [0.15, 0.2) is 60.7 Å². The minimum absolute atomic E-state index is 0. The molecule has 34 heavy (non-hydrogen) atoms. The molecule has 0 nitrogen and oxygen atoms in total. The molecule has 0 saturated carbocycles. The van der Waals surface area contributed by atoms with Gasteiger partial charge in [-0.1, -0.05) is 78.6 Å². The van der Waals surface area contributed by atoms with E-state index in [4.69, 9.17) is 0 Å². The fourth-order valence-corrected chi connectivity index (χ4v) is 4.51. The van der Waals surface area contributed by atoms with E-state index in [1.165, 1.54) is 47.2 Å². The number of hydrogen-bond acceptors (Lipinski definition) is 0. The normalized spacial score (nSPS) is 9.59. The van der Waals surface area contributed by atoms with Crippen molar-refractivity contribution >= 4 is 31.1 Å². The molecular formula is C32H46SiZr. The summed E-state index contributed by atoms with van der Waals surface area (Å²) in [6.45, 7) is 13.3. The Morgan fingerprint density at radius 2 is 0.941 bits per heavy atom. The van der Waals surface area contributed by atoms with E-state index in [2.05, 4.69) is 101 Å². The number of aryl methyl sites for hydroxylation is 4. The third-order valence-electron chi connectivity index (χ3n) is 5.75. The van der Waals surface area contributed by atoms with Crippen molar-refractivity contribution in [2.45, 2.75) is 79.3 Å². The molecule has 4 aromatic carbocycles. The van der Waals surface area contributed by atoms with Crippen LogP contribution in [0.2, 0.25) is 13.1 Å². The Hall–Kier alpha value is -1.24. The summed E-state index contributed by atoms with van der Waals surface area (Å²) in [4.78, 5) is 0. The molecule has 0 N–H and O–H groups in total. The van der Waals surface area contributed by atoms with Crippen LogP contribution in [0.4, 0.5) is 0 Å². The molecule has 0 fully saturated rings. The molecule has 0 aromatic heterocycles. The molecule has 0 spiro atoms. The van der Waals surface area contributed by atoms with E-state index >= 15 is 0 Å². The number of fused-ring (bicyclic) bond motifs is 2. The minimum atomic E-state index is 0. The maximum absolute atomic E-state index is 2.36. The molecule has 2 radical (unpaired) electrons. The molecule has 0 saturated heterocycles. The van der Waals surface area contributed by atoms with Gasteiger partial charge >= 0.3 is 26.2 Å². The molecule has 0 aliphatic rings. The monoisotopic (exact) mass is 548 g/mol. The van der Waals surface area contributed by atoms with E-state index < -0.39 is 0 Å². The van der Waals surface area contributed by atoms with Gasteiger partial charge in [-0.05, 0) is 12.8 Å². The van der Waals surface area contributed by atoms with Crippen molar-refractivity contribution in [1.82, 2.24) is 0 Å². The predicted octanol–water partition coefficient (Wildman–Crippen LogP) is 9.83. The molecule has 0 aliphatic carbocycles. The van der Waals surface area contributed by atoms with Crippen molar-refractivity contribution in [3.05, 3.63) is 97.8 Å². The zero-order chi connectivity index (χ0) is 22.6. The average molecular weight is 550 g/mol. The van der Waals surface area contributed by atoms with Crippen LogP contribution in [0.3, 0.4) is 0 Å². The summed E-state index contributed by atoms with van der Waals surface area (Å²) < 4.78 is 0. The van der Waals surface area contributed by atoms with Gasteiger partial charge in [0.2, 0.25) is 0 Å². The van der Waals surface area contributed by atoms with Crippen molar-refractivity contribution < 1.29 is 26.2 Å². The number of hydrogen-bond donors (Lipinski definition) is 0. The molecule has 2 heteroatoms. The Morgan fingerprint density at radius 1 is 0.618 bits per heavy atom. The summed E-state index contributed by atoms with van der Waals surface area (Å²) in [5.74, 6) is 0. The Labute approximate surface area is 233 Å². The van der Waals surface area contributed by atoms with Crippen molar-refractivity contribution in [1.29, 1.82) is 0 Å². The number of rotatable bonds is 6. The smallest absolute Gasteiger partial charge is 0.358 e. The first-order valence-corrected chi connectivity index (χ1v) is 14.1. The second kappa shape index (κ2) is 19.0. The zero-order valence-electron chi connectivity index (χ0n) is 23.0. The van der Waals surface area contributed by atoms with Gasteiger partial charge < -0.3 is 14.9 Å². The van der Waals surface area contributed by atoms with Crippen molar-refractivity contribution in [2.75, 3.05) is 0 Å². The van der Waals surface area contributed by atoms with Crippen LogP contribution in [0.1, 0.15) is 62.8 Å². The van der Waals surface area contributed by atoms with Gasteiger partial charge in [-0.2, -0.15) is 11.1 Å². The van der Waals surface area contributed by atoms with E-state index in [1.807, 2.05) is 0 Å². The average Bonchev–Trinajstić information content (AvgIpc) is 3.32. The zero-order valence-corrected chi connectivity index (χ0v) is 26.5. The minimum Gasteiger partial charge on any atom is -0.358 e. The van der Waals surface area contributed by atoms with Gasteiger partial charge in [-0.15, -0.1) is 81.2 Å². The molecule has 4 aromatic rings. The molecular weight excluding hydrogens is 504 g/mol. The van der Waals surface area contributed by atoms with Crippen molar-refractivity contribution in [3.63, 3.8) is 0 Å². The Kier molecular flexibility index (Phi) is 19.5. The van der Waals surface area contributed by atoms with Crippen LogP contribution in [0, 0.1) is 14.9 Å². The van der Waals surface area contributed by atoms with Crippen LogP contribution < -0.4 is 0 Å². The topological polar surface area (TPSA) is 0 Å². The molecule has 0 heterocycles. The summed E-state index contributed by atoms with van der Waals surface area (Å²) in [5, 5.41) is 5.73. The van der Waals surface area contributed by atoms with Crippen LogP contribution in [-0.2, 0) is 51.9 Å². The SMILES string of the molecule is CCCc1[cH-]c2ccccc2c1CC.CCCc1[cH-]c2ccccc2c1CC.C[Si]C.[CH3-].[CH3-].[Zr+4]. The summed E-state index contributed by atoms with van der Waals surface area (Å²) in [5.41, 5.74) is 6.22. The first kappa shape index (κ1) is 34.9. The Balaban J connectivity index is 0. The van der Waals surface area contributed by atoms with Gasteiger partial charge in [0.25, 0.3) is 0 Å². The van der Waals surface area contributed by atoms with Gasteiger partial charge in [0.05, 0.1) is 0 Å². The summed E-state index contributed by atoms with van der Waals surface area (Å²) in [6.07, 6.45) is 7.23. The summed E-state index contributed by atoms with van der Waals surface area (Å²) >= 11 is 0. The first-order chi connectivity index (χ1) is 15.1. The van der Waals surface area contributed by atoms with E-state index in [0.29, 0.717) is 0 Å². The largest absolute Gasteiger partial charge is 4.00 e. The van der Waals surface area contributed by atoms with Crippen molar-refractivity contribution in [3.8, 4) is 0 Å². The molecule has 0 aliphatic heterocycles. The standard InChI is InChI=1S/2C14H17.C2H6Si.2CH3.Zr/c2*1-3-7-11-10-12-8-5-6-9-14(12)13(11)4-2;1-3-2;;;/h2*5-6,8-10H,3-4,7H2,1-2H3;1-2H3;2*1H3;/q2*-1;;2*-1;+4. The van der Waals surface area contributed by atoms with Crippen LogP contribution in [0.5, 0.6) is 0 Å². The molecule has 0 amide bonds. The fraction of sp³-hybridized carbons (Fsp3) is 0.375. The van der Waals surface area contributed by atoms with E-state index in [9.17, 15) is 0 Å².